The molecule has 0 N–H and O–H groups in total. The van der Waals surface area contributed by atoms with Crippen LogP contribution in [0, 0.1) is 5.41 Å². The summed E-state index contributed by atoms with van der Waals surface area (Å²) in [6.07, 6.45) is 6.89. The summed E-state index contributed by atoms with van der Waals surface area (Å²) in [4.78, 5) is 11.0. The molecule has 0 aromatic rings. The van der Waals surface area contributed by atoms with Gasteiger partial charge in [-0.15, -0.1) is 0 Å². The molecule has 0 aromatic heterocycles. The summed E-state index contributed by atoms with van der Waals surface area (Å²) in [5.41, 5.74) is 1.10. The third-order valence-electron chi connectivity index (χ3n) is 1.94. The molecule has 60 valence electrons. The minimum Gasteiger partial charge on any atom is -0.295 e. The van der Waals surface area contributed by atoms with Crippen molar-refractivity contribution < 1.29 is 4.79 Å². The first kappa shape index (κ1) is 8.25. The maximum atomic E-state index is 11.0. The average molecular weight is 150 g/mol. The van der Waals surface area contributed by atoms with Crippen LogP contribution >= 0.6 is 0 Å². The molecule has 1 heteroatoms. The number of hydrogen-bond acceptors (Lipinski definition) is 1. The van der Waals surface area contributed by atoms with E-state index in [0.717, 1.165) is 12.0 Å². The highest BCUT2D eigenvalue weighted by molar-refractivity contribution is 5.93. The van der Waals surface area contributed by atoms with Crippen LogP contribution in [0.2, 0.25) is 0 Å². The van der Waals surface area contributed by atoms with Gasteiger partial charge < -0.3 is 0 Å². The first-order chi connectivity index (χ1) is 5.01. The van der Waals surface area contributed by atoms with Gasteiger partial charge in [0.2, 0.25) is 0 Å². The normalized spacial score (nSPS) is 21.2. The van der Waals surface area contributed by atoms with Crippen molar-refractivity contribution in [1.82, 2.24) is 0 Å². The van der Waals surface area contributed by atoms with Crippen LogP contribution in [0.3, 0.4) is 0 Å². The minimum absolute atomic E-state index is 0.162. The van der Waals surface area contributed by atoms with E-state index in [9.17, 15) is 4.79 Å². The lowest BCUT2D eigenvalue weighted by Gasteiger charge is -2.23. The van der Waals surface area contributed by atoms with Crippen LogP contribution in [-0.4, -0.2) is 5.78 Å². The molecule has 1 nitrogen and oxygen atoms in total. The summed E-state index contributed by atoms with van der Waals surface area (Å²) in [5, 5.41) is 0. The lowest BCUT2D eigenvalue weighted by molar-refractivity contribution is -0.113. The molecule has 11 heavy (non-hydrogen) atoms. The number of carbonyl (C=O) groups excluding carboxylic acids is 1. The predicted octanol–water partition coefficient (Wildman–Crippen LogP) is 2.49. The summed E-state index contributed by atoms with van der Waals surface area (Å²) < 4.78 is 0. The van der Waals surface area contributed by atoms with Crippen molar-refractivity contribution in [2.75, 3.05) is 0 Å². The molecule has 0 bridgehead atoms. The summed E-state index contributed by atoms with van der Waals surface area (Å²) in [7, 11) is 0. The Balaban J connectivity index is 2.81. The molecule has 1 aliphatic rings. The first-order valence-corrected chi connectivity index (χ1v) is 3.91. The second-order valence-corrected chi connectivity index (χ2v) is 3.77. The quantitative estimate of drug-likeness (QED) is 0.561. The van der Waals surface area contributed by atoms with Gasteiger partial charge in [0.05, 0.1) is 0 Å². The van der Waals surface area contributed by atoms with E-state index in [1.807, 2.05) is 12.2 Å². The molecule has 0 aliphatic heterocycles. The Kier molecular flexibility index (Phi) is 1.99. The SMILES string of the molecule is CC(=O)C1=CC=CC(C)(C)C1. The Morgan fingerprint density at radius 3 is 2.55 bits per heavy atom. The van der Waals surface area contributed by atoms with Gasteiger partial charge in [0.25, 0.3) is 0 Å². The number of rotatable bonds is 1. The summed E-state index contributed by atoms with van der Waals surface area (Å²) in [5.74, 6) is 0.197. The van der Waals surface area contributed by atoms with Gasteiger partial charge in [-0.2, -0.15) is 0 Å². The lowest BCUT2D eigenvalue weighted by atomic mass is 9.81. The molecule has 0 amide bonds. The maximum Gasteiger partial charge on any atom is 0.155 e. The van der Waals surface area contributed by atoms with Crippen molar-refractivity contribution in [3.8, 4) is 0 Å². The molecule has 0 fully saturated rings. The second kappa shape index (κ2) is 2.65. The van der Waals surface area contributed by atoms with Gasteiger partial charge in [0.15, 0.2) is 5.78 Å². The average Bonchev–Trinajstić information content (AvgIpc) is 1.85. The zero-order valence-corrected chi connectivity index (χ0v) is 7.35. The van der Waals surface area contributed by atoms with Crippen LogP contribution in [0.15, 0.2) is 23.8 Å². The van der Waals surface area contributed by atoms with Crippen LogP contribution in [0.25, 0.3) is 0 Å². The number of hydrogen-bond donors (Lipinski definition) is 0. The third kappa shape index (κ3) is 2.04. The fraction of sp³-hybridized carbons (Fsp3) is 0.500. The smallest absolute Gasteiger partial charge is 0.155 e. The summed E-state index contributed by atoms with van der Waals surface area (Å²) >= 11 is 0. The molecule has 0 atom stereocenters. The van der Waals surface area contributed by atoms with E-state index in [4.69, 9.17) is 0 Å². The zero-order valence-electron chi connectivity index (χ0n) is 7.35. The van der Waals surface area contributed by atoms with Crippen molar-refractivity contribution in [3.63, 3.8) is 0 Å². The van der Waals surface area contributed by atoms with Crippen LogP contribution in [0.5, 0.6) is 0 Å². The molecule has 0 heterocycles. The molecule has 0 aromatic carbocycles. The predicted molar refractivity (Wildman–Crippen MR) is 46.3 cm³/mol. The van der Waals surface area contributed by atoms with Crippen molar-refractivity contribution in [2.45, 2.75) is 27.2 Å². The van der Waals surface area contributed by atoms with Crippen molar-refractivity contribution in [1.29, 1.82) is 0 Å². The van der Waals surface area contributed by atoms with Gasteiger partial charge in [-0.25, -0.2) is 0 Å². The Morgan fingerprint density at radius 2 is 2.18 bits per heavy atom. The Bertz CT molecular complexity index is 231. The van der Waals surface area contributed by atoms with E-state index in [-0.39, 0.29) is 11.2 Å². The van der Waals surface area contributed by atoms with Gasteiger partial charge in [-0.3, -0.25) is 4.79 Å². The molecule has 1 aliphatic carbocycles. The van der Waals surface area contributed by atoms with Gasteiger partial charge in [-0.05, 0) is 24.3 Å². The zero-order chi connectivity index (χ0) is 8.48. The topological polar surface area (TPSA) is 17.1 Å². The van der Waals surface area contributed by atoms with Crippen LogP contribution < -0.4 is 0 Å². The Hall–Kier alpha value is -0.850. The number of ketones is 1. The highest BCUT2D eigenvalue weighted by Crippen LogP contribution is 2.30. The fourth-order valence-electron chi connectivity index (χ4n) is 1.28. The second-order valence-electron chi connectivity index (χ2n) is 3.77. The molecule has 1 rings (SSSR count). The van der Waals surface area contributed by atoms with Crippen molar-refractivity contribution >= 4 is 5.78 Å². The molecule has 0 unspecified atom stereocenters. The Morgan fingerprint density at radius 1 is 1.55 bits per heavy atom. The first-order valence-electron chi connectivity index (χ1n) is 3.91. The standard InChI is InChI=1S/C10H14O/c1-8(11)9-5-4-6-10(2,3)7-9/h4-6H,7H2,1-3H3. The highest BCUT2D eigenvalue weighted by Gasteiger charge is 2.20. The van der Waals surface area contributed by atoms with Gasteiger partial charge in [0.1, 0.15) is 0 Å². The maximum absolute atomic E-state index is 11.0. The van der Waals surface area contributed by atoms with Gasteiger partial charge in [0, 0.05) is 0 Å². The summed E-state index contributed by atoms with van der Waals surface area (Å²) in [6.45, 7) is 5.90. The molecular weight excluding hydrogens is 136 g/mol. The molecule has 0 radical (unpaired) electrons. The van der Waals surface area contributed by atoms with E-state index in [2.05, 4.69) is 19.9 Å². The molecule has 0 spiro atoms. The van der Waals surface area contributed by atoms with Crippen LogP contribution in [-0.2, 0) is 4.79 Å². The molecule has 0 saturated heterocycles. The van der Waals surface area contributed by atoms with E-state index in [0.29, 0.717) is 0 Å². The van der Waals surface area contributed by atoms with E-state index >= 15 is 0 Å². The number of allylic oxidation sites excluding steroid dienone is 4. The lowest BCUT2D eigenvalue weighted by Crippen LogP contribution is -2.14. The van der Waals surface area contributed by atoms with Crippen LogP contribution in [0.4, 0.5) is 0 Å². The molecule has 0 saturated carbocycles. The monoisotopic (exact) mass is 150 g/mol. The van der Waals surface area contributed by atoms with Crippen LogP contribution in [0.1, 0.15) is 27.2 Å². The number of carbonyl (C=O) groups is 1. The highest BCUT2D eigenvalue weighted by atomic mass is 16.1. The number of Topliss-reactive ketones (excluding diaryl/α,β-unsaturated/α-hetero) is 1. The fourth-order valence-corrected chi connectivity index (χ4v) is 1.28. The van der Waals surface area contributed by atoms with Gasteiger partial charge >= 0.3 is 0 Å². The van der Waals surface area contributed by atoms with Crippen molar-refractivity contribution in [3.05, 3.63) is 23.8 Å². The van der Waals surface area contributed by atoms with Gasteiger partial charge in [-0.1, -0.05) is 32.1 Å². The largest absolute Gasteiger partial charge is 0.295 e. The minimum atomic E-state index is 0.162. The Labute approximate surface area is 67.8 Å². The van der Waals surface area contributed by atoms with E-state index in [1.165, 1.54) is 0 Å². The van der Waals surface area contributed by atoms with E-state index < -0.39 is 0 Å². The van der Waals surface area contributed by atoms with E-state index in [1.54, 1.807) is 6.92 Å². The third-order valence-corrected chi connectivity index (χ3v) is 1.94. The van der Waals surface area contributed by atoms with Crippen molar-refractivity contribution in [2.24, 2.45) is 5.41 Å². The summed E-state index contributed by atoms with van der Waals surface area (Å²) in [6, 6.07) is 0. The molecular formula is C10H14O.